The van der Waals surface area contributed by atoms with Crippen LogP contribution in [-0.4, -0.2) is 52.5 Å². The standard InChI is InChI=1S/C21H23NO8/c1-12(20(23)22-14-5-6-15(25-2)16(11-14)26-3)30-21(24)13-9-17(27-4)19-18(10-13)28-7-8-29-19/h5-6,9-12H,7-8H2,1-4H3,(H,22,23)/t12-/m0/s1. The molecule has 0 saturated heterocycles. The number of anilines is 1. The van der Waals surface area contributed by atoms with Gasteiger partial charge in [-0.3, -0.25) is 4.79 Å². The SMILES string of the molecule is COc1ccc(NC(=O)[C@H](C)OC(=O)c2cc(OC)c3c(c2)OCCO3)cc1OC. The van der Waals surface area contributed by atoms with E-state index in [4.69, 9.17) is 28.4 Å². The van der Waals surface area contributed by atoms with Gasteiger partial charge in [0.15, 0.2) is 29.1 Å². The van der Waals surface area contributed by atoms with Gasteiger partial charge in [0.1, 0.15) is 13.2 Å². The average molecular weight is 417 g/mol. The first-order valence-electron chi connectivity index (χ1n) is 9.18. The van der Waals surface area contributed by atoms with Crippen molar-refractivity contribution in [1.29, 1.82) is 0 Å². The number of nitrogens with one attached hydrogen (secondary N) is 1. The highest BCUT2D eigenvalue weighted by molar-refractivity contribution is 5.98. The number of hydrogen-bond acceptors (Lipinski definition) is 8. The molecule has 0 radical (unpaired) electrons. The van der Waals surface area contributed by atoms with Crippen LogP contribution in [-0.2, 0) is 9.53 Å². The molecule has 0 bridgehead atoms. The first-order chi connectivity index (χ1) is 14.5. The van der Waals surface area contributed by atoms with E-state index >= 15 is 0 Å². The summed E-state index contributed by atoms with van der Waals surface area (Å²) in [6.07, 6.45) is -1.05. The fourth-order valence-electron chi connectivity index (χ4n) is 2.83. The van der Waals surface area contributed by atoms with E-state index in [0.717, 1.165) is 0 Å². The molecule has 1 heterocycles. The van der Waals surface area contributed by atoms with Gasteiger partial charge in [-0.1, -0.05) is 0 Å². The average Bonchev–Trinajstić information content (AvgIpc) is 2.77. The van der Waals surface area contributed by atoms with Gasteiger partial charge in [-0.05, 0) is 31.2 Å². The Hall–Kier alpha value is -3.62. The molecule has 1 N–H and O–H groups in total. The number of hydrogen-bond donors (Lipinski definition) is 1. The summed E-state index contributed by atoms with van der Waals surface area (Å²) >= 11 is 0. The van der Waals surface area contributed by atoms with Crippen LogP contribution in [0.2, 0.25) is 0 Å². The minimum atomic E-state index is -1.05. The van der Waals surface area contributed by atoms with Crippen molar-refractivity contribution in [3.63, 3.8) is 0 Å². The number of esters is 1. The first-order valence-corrected chi connectivity index (χ1v) is 9.18. The summed E-state index contributed by atoms with van der Waals surface area (Å²) in [5.41, 5.74) is 0.656. The Bertz CT molecular complexity index is 926. The number of ether oxygens (including phenoxy) is 6. The molecule has 1 amide bonds. The summed E-state index contributed by atoms with van der Waals surface area (Å²) in [4.78, 5) is 25.0. The Morgan fingerprint density at radius 2 is 1.63 bits per heavy atom. The van der Waals surface area contributed by atoms with E-state index in [1.54, 1.807) is 18.2 Å². The Labute approximate surface area is 173 Å². The number of benzene rings is 2. The predicted molar refractivity (Wildman–Crippen MR) is 107 cm³/mol. The van der Waals surface area contributed by atoms with E-state index in [1.165, 1.54) is 40.4 Å². The lowest BCUT2D eigenvalue weighted by atomic mass is 10.1. The fourth-order valence-corrected chi connectivity index (χ4v) is 2.83. The molecule has 3 rings (SSSR count). The Kier molecular flexibility index (Phi) is 6.51. The van der Waals surface area contributed by atoms with Gasteiger partial charge < -0.3 is 33.7 Å². The maximum atomic E-state index is 12.6. The van der Waals surface area contributed by atoms with Crippen molar-refractivity contribution in [2.45, 2.75) is 13.0 Å². The normalized spacial score (nSPS) is 13.1. The fraction of sp³-hybridized carbons (Fsp3) is 0.333. The second-order valence-electron chi connectivity index (χ2n) is 6.31. The summed E-state index contributed by atoms with van der Waals surface area (Å²) in [5, 5.41) is 2.68. The van der Waals surface area contributed by atoms with E-state index in [0.29, 0.717) is 47.6 Å². The molecule has 0 aromatic heterocycles. The van der Waals surface area contributed by atoms with E-state index < -0.39 is 18.0 Å². The first kappa shape index (κ1) is 21.1. The Morgan fingerprint density at radius 3 is 2.33 bits per heavy atom. The monoisotopic (exact) mass is 417 g/mol. The minimum absolute atomic E-state index is 0.182. The van der Waals surface area contributed by atoms with Crippen LogP contribution in [0.15, 0.2) is 30.3 Å². The topological polar surface area (TPSA) is 102 Å². The summed E-state index contributed by atoms with van der Waals surface area (Å²) in [6, 6.07) is 7.90. The number of carbonyl (C=O) groups is 2. The molecular formula is C21H23NO8. The van der Waals surface area contributed by atoms with Crippen molar-refractivity contribution in [3.05, 3.63) is 35.9 Å². The van der Waals surface area contributed by atoms with Crippen molar-refractivity contribution in [3.8, 4) is 28.7 Å². The molecule has 1 aliphatic heterocycles. The van der Waals surface area contributed by atoms with Gasteiger partial charge in [0.2, 0.25) is 5.75 Å². The third kappa shape index (κ3) is 4.51. The second-order valence-corrected chi connectivity index (χ2v) is 6.31. The van der Waals surface area contributed by atoms with Crippen LogP contribution in [0.5, 0.6) is 28.7 Å². The maximum absolute atomic E-state index is 12.6. The van der Waals surface area contributed by atoms with Crippen molar-refractivity contribution < 1.29 is 38.0 Å². The van der Waals surface area contributed by atoms with Crippen molar-refractivity contribution >= 4 is 17.6 Å². The summed E-state index contributed by atoms with van der Waals surface area (Å²) in [6.45, 7) is 2.22. The number of methoxy groups -OCH3 is 3. The van der Waals surface area contributed by atoms with Crippen LogP contribution in [0.25, 0.3) is 0 Å². The van der Waals surface area contributed by atoms with Gasteiger partial charge in [-0.2, -0.15) is 0 Å². The molecule has 9 heteroatoms. The van der Waals surface area contributed by atoms with Gasteiger partial charge in [-0.15, -0.1) is 0 Å². The van der Waals surface area contributed by atoms with Crippen LogP contribution in [0.4, 0.5) is 5.69 Å². The van der Waals surface area contributed by atoms with Gasteiger partial charge in [0, 0.05) is 11.8 Å². The molecule has 2 aromatic rings. The molecule has 0 spiro atoms. The zero-order valence-corrected chi connectivity index (χ0v) is 17.1. The molecule has 0 aliphatic carbocycles. The molecular weight excluding hydrogens is 394 g/mol. The molecule has 0 saturated carbocycles. The third-order valence-corrected chi connectivity index (χ3v) is 4.37. The van der Waals surface area contributed by atoms with E-state index in [-0.39, 0.29) is 5.56 Å². The highest BCUT2D eigenvalue weighted by Gasteiger charge is 2.24. The van der Waals surface area contributed by atoms with Crippen molar-refractivity contribution in [2.24, 2.45) is 0 Å². The van der Waals surface area contributed by atoms with Crippen LogP contribution < -0.4 is 29.0 Å². The zero-order valence-electron chi connectivity index (χ0n) is 17.1. The summed E-state index contributed by atoms with van der Waals surface area (Å²) in [5.74, 6) is 0.960. The lowest BCUT2D eigenvalue weighted by Crippen LogP contribution is -2.30. The predicted octanol–water partition coefficient (Wildman–Crippen LogP) is 2.67. The highest BCUT2D eigenvalue weighted by atomic mass is 16.6. The van der Waals surface area contributed by atoms with E-state index in [2.05, 4.69) is 5.32 Å². The maximum Gasteiger partial charge on any atom is 0.339 e. The number of rotatable bonds is 7. The molecule has 0 unspecified atom stereocenters. The number of carbonyl (C=O) groups excluding carboxylic acids is 2. The minimum Gasteiger partial charge on any atom is -0.493 e. The van der Waals surface area contributed by atoms with E-state index in [9.17, 15) is 9.59 Å². The molecule has 160 valence electrons. The molecule has 9 nitrogen and oxygen atoms in total. The highest BCUT2D eigenvalue weighted by Crippen LogP contribution is 2.40. The van der Waals surface area contributed by atoms with Gasteiger partial charge in [0.05, 0.1) is 26.9 Å². The van der Waals surface area contributed by atoms with E-state index in [1.807, 2.05) is 0 Å². The van der Waals surface area contributed by atoms with Crippen molar-refractivity contribution in [1.82, 2.24) is 0 Å². The lowest BCUT2D eigenvalue weighted by Gasteiger charge is -2.21. The molecule has 2 aromatic carbocycles. The quantitative estimate of drug-likeness (QED) is 0.686. The Morgan fingerprint density at radius 1 is 0.933 bits per heavy atom. The number of amides is 1. The third-order valence-electron chi connectivity index (χ3n) is 4.37. The van der Waals surface area contributed by atoms with Gasteiger partial charge in [-0.25, -0.2) is 4.79 Å². The molecule has 0 fully saturated rings. The zero-order chi connectivity index (χ0) is 21.7. The second kappa shape index (κ2) is 9.25. The molecule has 1 atom stereocenters. The Balaban J connectivity index is 1.69. The summed E-state index contributed by atoms with van der Waals surface area (Å²) < 4.78 is 32.0. The largest absolute Gasteiger partial charge is 0.493 e. The molecule has 1 aliphatic rings. The van der Waals surface area contributed by atoms with Crippen LogP contribution in [0.3, 0.4) is 0 Å². The van der Waals surface area contributed by atoms with Crippen LogP contribution >= 0.6 is 0 Å². The summed E-state index contributed by atoms with van der Waals surface area (Å²) in [7, 11) is 4.47. The molecule has 30 heavy (non-hydrogen) atoms. The van der Waals surface area contributed by atoms with Crippen LogP contribution in [0, 0.1) is 0 Å². The van der Waals surface area contributed by atoms with Crippen LogP contribution in [0.1, 0.15) is 17.3 Å². The number of fused-ring (bicyclic) bond motifs is 1. The van der Waals surface area contributed by atoms with Gasteiger partial charge >= 0.3 is 5.97 Å². The van der Waals surface area contributed by atoms with Gasteiger partial charge in [0.25, 0.3) is 5.91 Å². The smallest absolute Gasteiger partial charge is 0.339 e. The van der Waals surface area contributed by atoms with Crippen molar-refractivity contribution in [2.75, 3.05) is 39.9 Å². The lowest BCUT2D eigenvalue weighted by molar-refractivity contribution is -0.123.